The molecule has 22 heavy (non-hydrogen) atoms. The summed E-state index contributed by atoms with van der Waals surface area (Å²) in [5, 5.41) is 0. The molecule has 0 fully saturated rings. The molecule has 0 aliphatic rings. The van der Waals surface area contributed by atoms with Gasteiger partial charge in [0.05, 0.1) is 19.1 Å². The predicted molar refractivity (Wildman–Crippen MR) is 84.5 cm³/mol. The van der Waals surface area contributed by atoms with Gasteiger partial charge in [0.2, 0.25) is 0 Å². The first kappa shape index (κ1) is 16.0. The Morgan fingerprint density at radius 1 is 1.05 bits per heavy atom. The SMILES string of the molecule is COC(=O)c1ccc(C(=O)N(C)Cc2ccc(OC)cc2)s1. The molecule has 0 saturated heterocycles. The first-order valence-corrected chi connectivity index (χ1v) is 7.43. The normalized spacial score (nSPS) is 10.1. The molecule has 2 aromatic rings. The fraction of sp³-hybridized carbons (Fsp3) is 0.250. The average Bonchev–Trinajstić information content (AvgIpc) is 3.04. The van der Waals surface area contributed by atoms with E-state index in [2.05, 4.69) is 4.74 Å². The lowest BCUT2D eigenvalue weighted by Gasteiger charge is -2.16. The number of nitrogens with zero attached hydrogens (tertiary/aromatic N) is 1. The second-order valence-corrected chi connectivity index (χ2v) is 5.75. The highest BCUT2D eigenvalue weighted by Gasteiger charge is 2.17. The number of ether oxygens (including phenoxy) is 2. The second kappa shape index (κ2) is 7.09. The molecule has 0 atom stereocenters. The van der Waals surface area contributed by atoms with E-state index in [1.165, 1.54) is 7.11 Å². The van der Waals surface area contributed by atoms with Crippen molar-refractivity contribution in [2.45, 2.75) is 6.54 Å². The Hall–Kier alpha value is -2.34. The van der Waals surface area contributed by atoms with Crippen molar-refractivity contribution in [2.24, 2.45) is 0 Å². The maximum absolute atomic E-state index is 12.4. The van der Waals surface area contributed by atoms with Gasteiger partial charge >= 0.3 is 5.97 Å². The van der Waals surface area contributed by atoms with E-state index in [4.69, 9.17) is 4.74 Å². The van der Waals surface area contributed by atoms with Crippen molar-refractivity contribution < 1.29 is 19.1 Å². The van der Waals surface area contributed by atoms with Crippen LogP contribution in [0.3, 0.4) is 0 Å². The monoisotopic (exact) mass is 319 g/mol. The molecule has 0 radical (unpaired) electrons. The standard InChI is InChI=1S/C16H17NO4S/c1-17(10-11-4-6-12(20-2)7-5-11)15(18)13-8-9-14(22-13)16(19)21-3/h4-9H,10H2,1-3H3. The van der Waals surface area contributed by atoms with E-state index in [0.29, 0.717) is 16.3 Å². The Bertz CT molecular complexity index is 663. The van der Waals surface area contributed by atoms with Crippen LogP contribution in [0.15, 0.2) is 36.4 Å². The van der Waals surface area contributed by atoms with Gasteiger partial charge in [-0.1, -0.05) is 12.1 Å². The van der Waals surface area contributed by atoms with Gasteiger partial charge in [0.15, 0.2) is 0 Å². The molecule has 0 saturated carbocycles. The molecule has 0 aliphatic heterocycles. The molecule has 0 unspecified atom stereocenters. The van der Waals surface area contributed by atoms with E-state index in [0.717, 1.165) is 22.6 Å². The smallest absolute Gasteiger partial charge is 0.348 e. The molecule has 0 spiro atoms. The number of carbonyl (C=O) groups excluding carboxylic acids is 2. The zero-order valence-corrected chi connectivity index (χ0v) is 13.5. The molecule has 0 aliphatic carbocycles. The third-order valence-electron chi connectivity index (χ3n) is 3.13. The number of esters is 1. The fourth-order valence-electron chi connectivity index (χ4n) is 1.93. The molecule has 1 aromatic carbocycles. The summed E-state index contributed by atoms with van der Waals surface area (Å²) >= 11 is 1.13. The Morgan fingerprint density at radius 2 is 1.68 bits per heavy atom. The fourth-order valence-corrected chi connectivity index (χ4v) is 2.85. The summed E-state index contributed by atoms with van der Waals surface area (Å²) in [7, 11) is 4.66. The Balaban J connectivity index is 2.04. The van der Waals surface area contributed by atoms with Crippen LogP contribution in [0.4, 0.5) is 0 Å². The molecule has 2 rings (SSSR count). The maximum Gasteiger partial charge on any atom is 0.348 e. The van der Waals surface area contributed by atoms with Gasteiger partial charge in [0.25, 0.3) is 5.91 Å². The van der Waals surface area contributed by atoms with Gasteiger partial charge in [-0.2, -0.15) is 0 Å². The predicted octanol–water partition coefficient (Wildman–Crippen LogP) is 2.82. The van der Waals surface area contributed by atoms with Gasteiger partial charge in [-0.15, -0.1) is 11.3 Å². The molecule has 0 bridgehead atoms. The van der Waals surface area contributed by atoms with E-state index in [1.807, 2.05) is 24.3 Å². The molecule has 6 heteroatoms. The largest absolute Gasteiger partial charge is 0.497 e. The highest BCUT2D eigenvalue weighted by molar-refractivity contribution is 7.15. The first-order chi connectivity index (χ1) is 10.5. The van der Waals surface area contributed by atoms with E-state index in [1.54, 1.807) is 31.2 Å². The highest BCUT2D eigenvalue weighted by atomic mass is 32.1. The second-order valence-electron chi connectivity index (χ2n) is 4.66. The van der Waals surface area contributed by atoms with E-state index in [-0.39, 0.29) is 5.91 Å². The Labute approximate surface area is 133 Å². The van der Waals surface area contributed by atoms with Crippen LogP contribution >= 0.6 is 11.3 Å². The first-order valence-electron chi connectivity index (χ1n) is 6.61. The van der Waals surface area contributed by atoms with Gasteiger partial charge in [0, 0.05) is 13.6 Å². The van der Waals surface area contributed by atoms with Gasteiger partial charge in [0.1, 0.15) is 10.6 Å². The van der Waals surface area contributed by atoms with Crippen LogP contribution in [0.5, 0.6) is 5.75 Å². The minimum Gasteiger partial charge on any atom is -0.497 e. The molecule has 1 aromatic heterocycles. The maximum atomic E-state index is 12.4. The van der Waals surface area contributed by atoms with Crippen molar-refractivity contribution in [1.29, 1.82) is 0 Å². The summed E-state index contributed by atoms with van der Waals surface area (Å²) in [4.78, 5) is 26.3. The van der Waals surface area contributed by atoms with E-state index in [9.17, 15) is 9.59 Å². The molecule has 1 heterocycles. The van der Waals surface area contributed by atoms with Gasteiger partial charge < -0.3 is 14.4 Å². The van der Waals surface area contributed by atoms with Crippen molar-refractivity contribution >= 4 is 23.2 Å². The zero-order chi connectivity index (χ0) is 16.1. The topological polar surface area (TPSA) is 55.8 Å². The van der Waals surface area contributed by atoms with E-state index < -0.39 is 5.97 Å². The molecule has 0 N–H and O–H groups in total. The van der Waals surface area contributed by atoms with Gasteiger partial charge in [-0.3, -0.25) is 4.79 Å². The van der Waals surface area contributed by atoms with Crippen molar-refractivity contribution in [3.05, 3.63) is 51.7 Å². The van der Waals surface area contributed by atoms with Crippen molar-refractivity contribution in [1.82, 2.24) is 4.90 Å². The lowest BCUT2D eigenvalue weighted by Crippen LogP contribution is -2.25. The van der Waals surface area contributed by atoms with Crippen LogP contribution in [-0.4, -0.2) is 38.0 Å². The number of rotatable bonds is 5. The van der Waals surface area contributed by atoms with Crippen LogP contribution < -0.4 is 4.74 Å². The van der Waals surface area contributed by atoms with Crippen LogP contribution in [0, 0.1) is 0 Å². The summed E-state index contributed by atoms with van der Waals surface area (Å²) < 4.78 is 9.75. The summed E-state index contributed by atoms with van der Waals surface area (Å²) in [5.74, 6) is 0.219. The van der Waals surface area contributed by atoms with Crippen LogP contribution in [0.1, 0.15) is 24.9 Å². The Morgan fingerprint density at radius 3 is 2.27 bits per heavy atom. The number of amides is 1. The quantitative estimate of drug-likeness (QED) is 0.795. The number of methoxy groups -OCH3 is 2. The molecule has 1 amide bonds. The molecule has 116 valence electrons. The Kier molecular flexibility index (Phi) is 5.16. The summed E-state index contributed by atoms with van der Waals surface area (Å²) in [5.41, 5.74) is 1.00. The third-order valence-corrected chi connectivity index (χ3v) is 4.18. The molecule has 5 nitrogen and oxygen atoms in total. The van der Waals surface area contributed by atoms with Gasteiger partial charge in [-0.05, 0) is 29.8 Å². The van der Waals surface area contributed by atoms with Gasteiger partial charge in [-0.25, -0.2) is 4.79 Å². The van der Waals surface area contributed by atoms with E-state index >= 15 is 0 Å². The lowest BCUT2D eigenvalue weighted by molar-refractivity contribution is 0.0606. The number of carbonyl (C=O) groups is 2. The van der Waals surface area contributed by atoms with Crippen molar-refractivity contribution in [3.8, 4) is 5.75 Å². The number of benzene rings is 1. The highest BCUT2D eigenvalue weighted by Crippen LogP contribution is 2.20. The van der Waals surface area contributed by atoms with Crippen molar-refractivity contribution in [3.63, 3.8) is 0 Å². The minimum absolute atomic E-state index is 0.129. The average molecular weight is 319 g/mol. The minimum atomic E-state index is -0.429. The number of thiophene rings is 1. The zero-order valence-electron chi connectivity index (χ0n) is 12.7. The summed E-state index contributed by atoms with van der Waals surface area (Å²) in [6.07, 6.45) is 0. The number of hydrogen-bond donors (Lipinski definition) is 0. The van der Waals surface area contributed by atoms with Crippen LogP contribution in [0.25, 0.3) is 0 Å². The molecular formula is C16H17NO4S. The van der Waals surface area contributed by atoms with Crippen LogP contribution in [0.2, 0.25) is 0 Å². The van der Waals surface area contributed by atoms with Crippen LogP contribution in [-0.2, 0) is 11.3 Å². The summed E-state index contributed by atoms with van der Waals surface area (Å²) in [6, 6.07) is 10.8. The number of hydrogen-bond acceptors (Lipinski definition) is 5. The summed E-state index contributed by atoms with van der Waals surface area (Å²) in [6.45, 7) is 0.480. The van der Waals surface area contributed by atoms with Crippen molar-refractivity contribution in [2.75, 3.05) is 21.3 Å². The molecular weight excluding hydrogens is 302 g/mol. The lowest BCUT2D eigenvalue weighted by atomic mass is 10.2. The third kappa shape index (κ3) is 3.65.